The zero-order valence-electron chi connectivity index (χ0n) is 14.7. The third-order valence-corrected chi connectivity index (χ3v) is 6.98. The molecule has 2 saturated heterocycles. The highest BCUT2D eigenvalue weighted by Gasteiger charge is 2.59. The minimum Gasteiger partial charge on any atom is -0.356 e. The number of fused-ring (bicyclic) bond motifs is 1. The van der Waals surface area contributed by atoms with Crippen molar-refractivity contribution in [2.45, 2.75) is 50.0 Å². The molecule has 1 amide bonds. The van der Waals surface area contributed by atoms with Crippen LogP contribution in [0.5, 0.6) is 0 Å². The largest absolute Gasteiger partial charge is 0.356 e. The van der Waals surface area contributed by atoms with Crippen LogP contribution in [0.25, 0.3) is 0 Å². The quantitative estimate of drug-likeness (QED) is 0.856. The number of likely N-dealkylation sites (tertiary alicyclic amines) is 1. The number of hydrogen-bond acceptors (Lipinski definition) is 4. The van der Waals surface area contributed by atoms with Gasteiger partial charge in [-0.1, -0.05) is 29.8 Å². The number of nitrogens with one attached hydrogen (secondary N) is 1. The van der Waals surface area contributed by atoms with Crippen LogP contribution in [-0.4, -0.2) is 47.6 Å². The van der Waals surface area contributed by atoms with Crippen molar-refractivity contribution in [3.05, 3.63) is 35.4 Å². The maximum Gasteiger partial charge on any atom is 0.225 e. The van der Waals surface area contributed by atoms with Gasteiger partial charge in [0.2, 0.25) is 12.3 Å². The van der Waals surface area contributed by atoms with Gasteiger partial charge in [-0.3, -0.25) is 10.1 Å². The van der Waals surface area contributed by atoms with Crippen molar-refractivity contribution in [2.75, 3.05) is 19.7 Å². The second kappa shape index (κ2) is 5.29. The number of aliphatic hydroxyl groups is 1. The Morgan fingerprint density at radius 1 is 1.36 bits per heavy atom. The smallest absolute Gasteiger partial charge is 0.225 e. The summed E-state index contributed by atoms with van der Waals surface area (Å²) < 4.78 is 5.20. The van der Waals surface area contributed by atoms with Gasteiger partial charge in [-0.15, -0.1) is 0 Å². The van der Waals surface area contributed by atoms with E-state index in [-0.39, 0.29) is 11.5 Å². The van der Waals surface area contributed by atoms with Crippen LogP contribution >= 0.6 is 0 Å². The first-order valence-electron chi connectivity index (χ1n) is 9.43. The fourth-order valence-electron chi connectivity index (χ4n) is 5.41. The van der Waals surface area contributed by atoms with Gasteiger partial charge < -0.3 is 14.7 Å². The van der Waals surface area contributed by atoms with E-state index in [0.29, 0.717) is 23.8 Å². The Balaban J connectivity index is 1.21. The lowest BCUT2D eigenvalue weighted by molar-refractivity contribution is -0.142. The van der Waals surface area contributed by atoms with Crippen LogP contribution in [0.3, 0.4) is 0 Å². The summed E-state index contributed by atoms with van der Waals surface area (Å²) >= 11 is 0. The highest BCUT2D eigenvalue weighted by molar-refractivity contribution is 5.80. The number of benzene rings is 1. The van der Waals surface area contributed by atoms with E-state index in [1.807, 2.05) is 0 Å². The highest BCUT2D eigenvalue weighted by atomic mass is 16.6. The molecule has 2 aliphatic carbocycles. The Morgan fingerprint density at radius 2 is 2.20 bits per heavy atom. The molecule has 5 heteroatoms. The number of rotatable bonds is 2. The highest BCUT2D eigenvalue weighted by Crippen LogP contribution is 2.59. The summed E-state index contributed by atoms with van der Waals surface area (Å²) in [5.74, 6) is 1.01. The predicted octanol–water partition coefficient (Wildman–Crippen LogP) is 1.53. The zero-order chi connectivity index (χ0) is 17.2. The average Bonchev–Trinajstić information content (AvgIpc) is 3.19. The number of ether oxygens (including phenoxy) is 1. The summed E-state index contributed by atoms with van der Waals surface area (Å²) in [4.78, 5) is 14.9. The lowest BCUT2D eigenvalue weighted by atomic mass is 9.68. The number of aliphatic hydroxyl groups excluding tert-OH is 1. The molecule has 4 fully saturated rings. The van der Waals surface area contributed by atoms with Gasteiger partial charge in [0.05, 0.1) is 6.61 Å². The van der Waals surface area contributed by atoms with Crippen molar-refractivity contribution < 1.29 is 14.6 Å². The van der Waals surface area contributed by atoms with Crippen LogP contribution < -0.4 is 5.32 Å². The fraction of sp³-hybridized carbons (Fsp3) is 0.650. The number of aryl methyl sites for hydroxylation is 1. The van der Waals surface area contributed by atoms with Crippen molar-refractivity contribution in [1.82, 2.24) is 10.2 Å². The first kappa shape index (κ1) is 15.8. The molecule has 3 atom stereocenters. The Bertz CT molecular complexity index is 715. The summed E-state index contributed by atoms with van der Waals surface area (Å²) in [6.45, 7) is 4.44. The van der Waals surface area contributed by atoms with E-state index in [0.717, 1.165) is 32.4 Å². The normalized spacial score (nSPS) is 42.2. The standard InChI is InChI=1S/C20H26N2O3/c1-13-3-2-4-15(7-13)20-5-6-22(11-16(20)10-20)17(23)14-8-19(9-14)12-25-18(24)21-19/h2-4,7,14,16,18,21,24H,5-6,8-12H2,1H3. The van der Waals surface area contributed by atoms with E-state index < -0.39 is 6.41 Å². The van der Waals surface area contributed by atoms with Gasteiger partial charge in [0.15, 0.2) is 0 Å². The molecule has 2 heterocycles. The monoisotopic (exact) mass is 342 g/mol. The number of piperidine rings is 1. The van der Waals surface area contributed by atoms with Crippen LogP contribution in [0.2, 0.25) is 0 Å². The van der Waals surface area contributed by atoms with Crippen LogP contribution in [-0.2, 0) is 14.9 Å². The molecule has 134 valence electrons. The lowest BCUT2D eigenvalue weighted by Crippen LogP contribution is -2.59. The Hall–Kier alpha value is -1.43. The molecule has 3 unspecified atom stereocenters. The van der Waals surface area contributed by atoms with Crippen molar-refractivity contribution >= 4 is 5.91 Å². The number of hydrogen-bond donors (Lipinski definition) is 2. The molecule has 0 aromatic heterocycles. The van der Waals surface area contributed by atoms with E-state index in [1.54, 1.807) is 0 Å². The molecule has 1 spiro atoms. The second-order valence-electron chi connectivity index (χ2n) is 8.65. The van der Waals surface area contributed by atoms with Gasteiger partial charge in [0, 0.05) is 30.0 Å². The molecule has 2 saturated carbocycles. The maximum atomic E-state index is 12.9. The first-order chi connectivity index (χ1) is 12.0. The Kier molecular flexibility index (Phi) is 3.34. The van der Waals surface area contributed by atoms with Gasteiger partial charge in [-0.2, -0.15) is 0 Å². The summed E-state index contributed by atoms with van der Waals surface area (Å²) in [6, 6.07) is 8.90. The molecular weight excluding hydrogens is 316 g/mol. The summed E-state index contributed by atoms with van der Waals surface area (Å²) in [5, 5.41) is 12.5. The second-order valence-corrected chi connectivity index (χ2v) is 8.65. The predicted molar refractivity (Wildman–Crippen MR) is 92.7 cm³/mol. The number of nitrogens with zero attached hydrogens (tertiary/aromatic N) is 1. The van der Waals surface area contributed by atoms with Gasteiger partial charge in [0.1, 0.15) is 0 Å². The van der Waals surface area contributed by atoms with Gasteiger partial charge in [0.25, 0.3) is 0 Å². The molecule has 5 rings (SSSR count). The summed E-state index contributed by atoms with van der Waals surface area (Å²) in [5.41, 5.74) is 2.95. The molecule has 0 bridgehead atoms. The SMILES string of the molecule is Cc1cccc(C23CCN(C(=O)C4CC5(COC(O)N5)C4)CC2C3)c1. The summed E-state index contributed by atoms with van der Waals surface area (Å²) in [7, 11) is 0. The van der Waals surface area contributed by atoms with E-state index in [1.165, 1.54) is 17.5 Å². The van der Waals surface area contributed by atoms with Crippen LogP contribution in [0, 0.1) is 18.8 Å². The average molecular weight is 342 g/mol. The molecule has 2 aliphatic heterocycles. The third-order valence-electron chi connectivity index (χ3n) is 6.98. The fourth-order valence-corrected chi connectivity index (χ4v) is 5.41. The molecule has 1 aromatic carbocycles. The van der Waals surface area contributed by atoms with Crippen molar-refractivity contribution in [1.29, 1.82) is 0 Å². The van der Waals surface area contributed by atoms with E-state index in [2.05, 4.69) is 41.4 Å². The molecular formula is C20H26N2O3. The Morgan fingerprint density at radius 3 is 2.88 bits per heavy atom. The molecule has 25 heavy (non-hydrogen) atoms. The van der Waals surface area contributed by atoms with E-state index >= 15 is 0 Å². The van der Waals surface area contributed by atoms with Crippen LogP contribution in [0.1, 0.15) is 36.8 Å². The zero-order valence-corrected chi connectivity index (χ0v) is 14.7. The molecule has 4 aliphatic rings. The molecule has 2 N–H and O–H groups in total. The summed E-state index contributed by atoms with van der Waals surface area (Å²) in [6.07, 6.45) is 3.01. The third kappa shape index (κ3) is 2.44. The maximum absolute atomic E-state index is 12.9. The molecule has 5 nitrogen and oxygen atoms in total. The van der Waals surface area contributed by atoms with Crippen molar-refractivity contribution in [2.24, 2.45) is 11.8 Å². The van der Waals surface area contributed by atoms with Gasteiger partial charge in [-0.05, 0) is 44.1 Å². The molecule has 0 radical (unpaired) electrons. The van der Waals surface area contributed by atoms with Crippen molar-refractivity contribution in [3.8, 4) is 0 Å². The van der Waals surface area contributed by atoms with E-state index in [4.69, 9.17) is 4.74 Å². The minimum atomic E-state index is -0.868. The Labute approximate surface area is 148 Å². The first-order valence-corrected chi connectivity index (χ1v) is 9.43. The topological polar surface area (TPSA) is 61.8 Å². The minimum absolute atomic E-state index is 0.0895. The van der Waals surface area contributed by atoms with Crippen LogP contribution in [0.15, 0.2) is 24.3 Å². The van der Waals surface area contributed by atoms with E-state index in [9.17, 15) is 9.90 Å². The van der Waals surface area contributed by atoms with Gasteiger partial charge >= 0.3 is 0 Å². The van der Waals surface area contributed by atoms with Gasteiger partial charge in [-0.25, -0.2) is 0 Å². The number of amides is 1. The lowest BCUT2D eigenvalue weighted by Gasteiger charge is -2.45. The van der Waals surface area contributed by atoms with Crippen molar-refractivity contribution in [3.63, 3.8) is 0 Å². The van der Waals surface area contributed by atoms with Crippen LogP contribution in [0.4, 0.5) is 0 Å². The number of carbonyl (C=O) groups is 1. The number of carbonyl (C=O) groups excluding carboxylic acids is 1. The molecule has 1 aromatic rings.